The van der Waals surface area contributed by atoms with Gasteiger partial charge in [0, 0.05) is 62.7 Å². The molecule has 9 nitrogen and oxygen atoms in total. The van der Waals surface area contributed by atoms with Crippen molar-refractivity contribution in [2.24, 2.45) is 0 Å². The van der Waals surface area contributed by atoms with Crippen LogP contribution in [-0.2, 0) is 21.3 Å². The standard InChI is InChI=1S/C21H28ClN5O4S/c1-2-7-26-16-19(21(28)25-12-14-31-15-13-25)20(23-26)32(29,30)27-10-8-24(9-11-27)18-5-3-17(22)4-6-18/h3-6,16H,2,7-15H2,1H3. The molecule has 32 heavy (non-hydrogen) atoms. The van der Waals surface area contributed by atoms with Crippen molar-refractivity contribution in [3.63, 3.8) is 0 Å². The number of hydrogen-bond donors (Lipinski definition) is 0. The molecular formula is C21H28ClN5O4S. The molecule has 0 N–H and O–H groups in total. The summed E-state index contributed by atoms with van der Waals surface area (Å²) in [7, 11) is -3.91. The average molecular weight is 482 g/mol. The molecule has 11 heteroatoms. The van der Waals surface area contributed by atoms with Crippen LogP contribution >= 0.6 is 11.6 Å². The van der Waals surface area contributed by atoms with Crippen LogP contribution < -0.4 is 4.90 Å². The van der Waals surface area contributed by atoms with Crippen molar-refractivity contribution in [3.05, 3.63) is 41.0 Å². The van der Waals surface area contributed by atoms with Gasteiger partial charge in [-0.15, -0.1) is 0 Å². The van der Waals surface area contributed by atoms with Crippen LogP contribution in [0.15, 0.2) is 35.5 Å². The highest BCUT2D eigenvalue weighted by atomic mass is 35.5. The summed E-state index contributed by atoms with van der Waals surface area (Å²) >= 11 is 5.97. The summed E-state index contributed by atoms with van der Waals surface area (Å²) in [5.74, 6) is -0.311. The molecule has 1 aromatic carbocycles. The number of benzene rings is 1. The maximum Gasteiger partial charge on any atom is 0.263 e. The molecule has 0 spiro atoms. The normalized spacial score (nSPS) is 18.2. The molecule has 2 aliphatic heterocycles. The SMILES string of the molecule is CCCn1cc(C(=O)N2CCOCC2)c(S(=O)(=O)N2CCN(c3ccc(Cl)cc3)CC2)n1. The molecule has 174 valence electrons. The molecule has 0 saturated carbocycles. The van der Waals surface area contributed by atoms with Crippen LogP contribution in [0.4, 0.5) is 5.69 Å². The van der Waals surface area contributed by atoms with E-state index in [2.05, 4.69) is 10.00 Å². The molecule has 2 aliphatic rings. The molecular weight excluding hydrogens is 454 g/mol. The van der Waals surface area contributed by atoms with Gasteiger partial charge in [-0.3, -0.25) is 9.48 Å². The highest BCUT2D eigenvalue weighted by molar-refractivity contribution is 7.89. The largest absolute Gasteiger partial charge is 0.378 e. The number of morpholine rings is 1. The minimum absolute atomic E-state index is 0.139. The van der Waals surface area contributed by atoms with E-state index < -0.39 is 10.0 Å². The number of anilines is 1. The Hall–Kier alpha value is -2.14. The molecule has 0 bridgehead atoms. The minimum atomic E-state index is -3.91. The predicted molar refractivity (Wildman–Crippen MR) is 122 cm³/mol. The van der Waals surface area contributed by atoms with Gasteiger partial charge in [0.25, 0.3) is 15.9 Å². The fraction of sp³-hybridized carbons (Fsp3) is 0.524. The molecule has 3 heterocycles. The highest BCUT2D eigenvalue weighted by Crippen LogP contribution is 2.25. The number of sulfonamides is 1. The van der Waals surface area contributed by atoms with Gasteiger partial charge in [0.05, 0.1) is 18.8 Å². The first-order valence-corrected chi connectivity index (χ1v) is 12.7. The number of hydrogen-bond acceptors (Lipinski definition) is 6. The summed E-state index contributed by atoms with van der Waals surface area (Å²) < 4.78 is 35.3. The van der Waals surface area contributed by atoms with Crippen LogP contribution in [0.2, 0.25) is 5.02 Å². The summed E-state index contributed by atoms with van der Waals surface area (Å²) in [5.41, 5.74) is 1.14. The molecule has 2 fully saturated rings. The molecule has 0 unspecified atom stereocenters. The second-order valence-electron chi connectivity index (χ2n) is 7.88. The van der Waals surface area contributed by atoms with E-state index in [-0.39, 0.29) is 16.5 Å². The van der Waals surface area contributed by atoms with E-state index in [4.69, 9.17) is 16.3 Å². The average Bonchev–Trinajstić information content (AvgIpc) is 3.25. The Kier molecular flexibility index (Phi) is 7.04. The zero-order valence-corrected chi connectivity index (χ0v) is 19.7. The lowest BCUT2D eigenvalue weighted by Crippen LogP contribution is -2.49. The number of aromatic nitrogens is 2. The summed E-state index contributed by atoms with van der Waals surface area (Å²) in [6.45, 7) is 6.03. The van der Waals surface area contributed by atoms with Crippen molar-refractivity contribution in [1.82, 2.24) is 19.0 Å². The topological polar surface area (TPSA) is 88.0 Å². The smallest absolute Gasteiger partial charge is 0.263 e. The van der Waals surface area contributed by atoms with Crippen molar-refractivity contribution in [2.75, 3.05) is 57.4 Å². The molecule has 0 atom stereocenters. The maximum atomic E-state index is 13.5. The van der Waals surface area contributed by atoms with Crippen LogP contribution in [0.5, 0.6) is 0 Å². The minimum Gasteiger partial charge on any atom is -0.378 e. The Morgan fingerprint density at radius 3 is 2.34 bits per heavy atom. The lowest BCUT2D eigenvalue weighted by Gasteiger charge is -2.35. The number of carbonyl (C=O) groups excluding carboxylic acids is 1. The van der Waals surface area contributed by atoms with Gasteiger partial charge in [-0.2, -0.15) is 9.40 Å². The first-order valence-electron chi connectivity index (χ1n) is 10.9. The third kappa shape index (κ3) is 4.78. The number of rotatable bonds is 6. The van der Waals surface area contributed by atoms with E-state index in [0.717, 1.165) is 12.1 Å². The van der Waals surface area contributed by atoms with Gasteiger partial charge in [-0.25, -0.2) is 8.42 Å². The fourth-order valence-corrected chi connectivity index (χ4v) is 5.62. The van der Waals surface area contributed by atoms with Crippen LogP contribution in [0.3, 0.4) is 0 Å². The second-order valence-corrected chi connectivity index (χ2v) is 10.2. The van der Waals surface area contributed by atoms with E-state index in [1.165, 1.54) is 4.31 Å². The fourth-order valence-electron chi connectivity index (χ4n) is 3.98. The van der Waals surface area contributed by atoms with Crippen molar-refractivity contribution in [2.45, 2.75) is 24.9 Å². The number of aryl methyl sites for hydroxylation is 1. The Bertz CT molecular complexity index is 1040. The van der Waals surface area contributed by atoms with Crippen LogP contribution in [0.25, 0.3) is 0 Å². The van der Waals surface area contributed by atoms with Crippen molar-refractivity contribution < 1.29 is 17.9 Å². The van der Waals surface area contributed by atoms with Gasteiger partial charge in [0.1, 0.15) is 0 Å². The number of halogens is 1. The molecule has 2 saturated heterocycles. The third-order valence-electron chi connectivity index (χ3n) is 5.72. The lowest BCUT2D eigenvalue weighted by molar-refractivity contribution is 0.0300. The van der Waals surface area contributed by atoms with E-state index in [1.54, 1.807) is 15.8 Å². The van der Waals surface area contributed by atoms with Crippen LogP contribution in [-0.4, -0.2) is 85.8 Å². The zero-order valence-electron chi connectivity index (χ0n) is 18.1. The second kappa shape index (κ2) is 9.78. The predicted octanol–water partition coefficient (Wildman–Crippen LogP) is 1.93. The van der Waals surface area contributed by atoms with Gasteiger partial charge in [0.15, 0.2) is 0 Å². The number of nitrogens with zero attached hydrogens (tertiary/aromatic N) is 5. The lowest BCUT2D eigenvalue weighted by atomic mass is 10.2. The van der Waals surface area contributed by atoms with E-state index in [0.29, 0.717) is 64.0 Å². The number of piperazine rings is 1. The van der Waals surface area contributed by atoms with Crippen molar-refractivity contribution >= 4 is 33.2 Å². The molecule has 0 aliphatic carbocycles. The van der Waals surface area contributed by atoms with E-state index in [9.17, 15) is 13.2 Å². The van der Waals surface area contributed by atoms with Crippen molar-refractivity contribution in [3.8, 4) is 0 Å². The molecule has 1 aromatic heterocycles. The Morgan fingerprint density at radius 2 is 1.72 bits per heavy atom. The summed E-state index contributed by atoms with van der Waals surface area (Å²) in [4.78, 5) is 16.9. The first kappa shape index (κ1) is 23.0. The molecule has 0 radical (unpaired) electrons. The van der Waals surface area contributed by atoms with Gasteiger partial charge >= 0.3 is 0 Å². The number of carbonyl (C=O) groups is 1. The Labute approximate surface area is 193 Å². The van der Waals surface area contributed by atoms with E-state index in [1.807, 2.05) is 31.2 Å². The van der Waals surface area contributed by atoms with Crippen LogP contribution in [0.1, 0.15) is 23.7 Å². The number of ether oxygens (including phenoxy) is 1. The molecule has 4 rings (SSSR count). The molecule has 1 amide bonds. The zero-order chi connectivity index (χ0) is 22.7. The Balaban J connectivity index is 1.55. The highest BCUT2D eigenvalue weighted by Gasteiger charge is 2.36. The van der Waals surface area contributed by atoms with Gasteiger partial charge < -0.3 is 14.5 Å². The summed E-state index contributed by atoms with van der Waals surface area (Å²) in [6.07, 6.45) is 2.35. The van der Waals surface area contributed by atoms with Gasteiger partial charge in [0.2, 0.25) is 5.03 Å². The summed E-state index contributed by atoms with van der Waals surface area (Å²) in [6, 6.07) is 7.50. The molecule has 2 aromatic rings. The van der Waals surface area contributed by atoms with Gasteiger partial charge in [-0.1, -0.05) is 18.5 Å². The Morgan fingerprint density at radius 1 is 1.06 bits per heavy atom. The number of amides is 1. The summed E-state index contributed by atoms with van der Waals surface area (Å²) in [5, 5.41) is 4.84. The monoisotopic (exact) mass is 481 g/mol. The van der Waals surface area contributed by atoms with Crippen molar-refractivity contribution in [1.29, 1.82) is 0 Å². The van der Waals surface area contributed by atoms with Gasteiger partial charge in [-0.05, 0) is 30.7 Å². The third-order valence-corrected chi connectivity index (χ3v) is 7.81. The maximum absolute atomic E-state index is 13.5. The van der Waals surface area contributed by atoms with Crippen LogP contribution in [0, 0.1) is 0 Å². The first-order chi connectivity index (χ1) is 15.4. The van der Waals surface area contributed by atoms with E-state index >= 15 is 0 Å². The quantitative estimate of drug-likeness (QED) is 0.626.